The molecule has 0 spiro atoms. The summed E-state index contributed by atoms with van der Waals surface area (Å²) in [6.45, 7) is -0.824. The maximum absolute atomic E-state index is 13.1. The average molecular weight is 473 g/mol. The second-order valence-electron chi connectivity index (χ2n) is 7.12. The molecule has 1 aliphatic rings. The monoisotopic (exact) mass is 473 g/mol. The zero-order chi connectivity index (χ0) is 24.6. The Balaban J connectivity index is 1.48. The van der Waals surface area contributed by atoms with Crippen molar-refractivity contribution in [2.24, 2.45) is 0 Å². The number of rotatable bonds is 5. The molecular formula is C21H14F3N5O5. The van der Waals surface area contributed by atoms with E-state index in [0.29, 0.717) is 0 Å². The van der Waals surface area contributed by atoms with Crippen molar-refractivity contribution in [1.29, 1.82) is 0 Å². The Morgan fingerprint density at radius 3 is 2.47 bits per heavy atom. The Morgan fingerprint density at radius 1 is 1.06 bits per heavy atom. The third kappa shape index (κ3) is 4.22. The summed E-state index contributed by atoms with van der Waals surface area (Å²) in [5.41, 5.74) is -1.06. The fourth-order valence-electron chi connectivity index (χ4n) is 3.23. The Kier molecular flexibility index (Phi) is 5.61. The Morgan fingerprint density at radius 2 is 1.79 bits per heavy atom. The maximum Gasteiger partial charge on any atom is 0.416 e. The third-order valence-corrected chi connectivity index (χ3v) is 4.92. The number of hydrogen-bond acceptors (Lipinski definition) is 7. The van der Waals surface area contributed by atoms with Crippen LogP contribution in [0.3, 0.4) is 0 Å². The number of halogens is 3. The van der Waals surface area contributed by atoms with Crippen LogP contribution < -0.4 is 5.32 Å². The number of benzene rings is 2. The molecular weight excluding hydrogens is 459 g/mol. The minimum atomic E-state index is -4.66. The van der Waals surface area contributed by atoms with E-state index in [2.05, 4.69) is 15.4 Å². The average Bonchev–Trinajstić information content (AvgIpc) is 3.41. The zero-order valence-corrected chi connectivity index (χ0v) is 17.3. The molecule has 0 atom stereocenters. The van der Waals surface area contributed by atoms with Crippen LogP contribution in [-0.4, -0.2) is 57.0 Å². The van der Waals surface area contributed by atoms with Crippen LogP contribution in [-0.2, 0) is 15.7 Å². The molecule has 0 bridgehead atoms. The molecule has 4 rings (SSSR count). The number of imide groups is 1. The molecule has 1 aromatic heterocycles. The van der Waals surface area contributed by atoms with Crippen LogP contribution in [0.25, 0.3) is 5.69 Å². The van der Waals surface area contributed by atoms with E-state index in [1.54, 1.807) is 0 Å². The molecule has 10 nitrogen and oxygen atoms in total. The number of alkyl halides is 3. The second-order valence-corrected chi connectivity index (χ2v) is 7.12. The molecule has 2 heterocycles. The fourth-order valence-corrected chi connectivity index (χ4v) is 3.23. The highest BCUT2D eigenvalue weighted by Crippen LogP contribution is 2.33. The molecule has 0 fully saturated rings. The number of carbonyl (C=O) groups is 4. The van der Waals surface area contributed by atoms with Gasteiger partial charge in [-0.2, -0.15) is 18.3 Å². The summed E-state index contributed by atoms with van der Waals surface area (Å²) < 4.78 is 45.5. The molecule has 1 N–H and O–H groups in total. The van der Waals surface area contributed by atoms with Crippen molar-refractivity contribution in [2.45, 2.75) is 6.18 Å². The zero-order valence-electron chi connectivity index (χ0n) is 17.3. The van der Waals surface area contributed by atoms with Gasteiger partial charge in [-0.1, -0.05) is 0 Å². The molecule has 3 aromatic rings. The van der Waals surface area contributed by atoms with Crippen molar-refractivity contribution in [1.82, 2.24) is 19.7 Å². The molecule has 0 saturated heterocycles. The normalized spacial score (nSPS) is 13.1. The van der Waals surface area contributed by atoms with Gasteiger partial charge in [-0.3, -0.25) is 19.3 Å². The first kappa shape index (κ1) is 22.6. The summed E-state index contributed by atoms with van der Waals surface area (Å²) in [5.74, 6) is -2.98. The van der Waals surface area contributed by atoms with E-state index < -0.39 is 42.0 Å². The molecule has 0 saturated carbocycles. The van der Waals surface area contributed by atoms with Crippen LogP contribution in [0.5, 0.6) is 0 Å². The number of hydrogen-bond donors (Lipinski definition) is 1. The topological polar surface area (TPSA) is 123 Å². The smallest absolute Gasteiger partial charge is 0.416 e. The lowest BCUT2D eigenvalue weighted by atomic mass is 10.1. The first-order valence-electron chi connectivity index (χ1n) is 9.56. The van der Waals surface area contributed by atoms with E-state index in [9.17, 15) is 32.3 Å². The highest BCUT2D eigenvalue weighted by Gasteiger charge is 2.34. The molecule has 13 heteroatoms. The highest BCUT2D eigenvalue weighted by atomic mass is 19.4. The lowest BCUT2D eigenvalue weighted by Crippen LogP contribution is -2.24. The highest BCUT2D eigenvalue weighted by molar-refractivity contribution is 6.21. The molecule has 0 unspecified atom stereocenters. The van der Waals surface area contributed by atoms with Gasteiger partial charge in [0.1, 0.15) is 12.7 Å². The van der Waals surface area contributed by atoms with Gasteiger partial charge in [-0.05, 0) is 36.4 Å². The molecule has 0 radical (unpaired) electrons. The largest absolute Gasteiger partial charge is 0.452 e. The minimum absolute atomic E-state index is 0.0211. The minimum Gasteiger partial charge on any atom is -0.452 e. The second kappa shape index (κ2) is 8.42. The van der Waals surface area contributed by atoms with Crippen molar-refractivity contribution in [3.63, 3.8) is 0 Å². The van der Waals surface area contributed by atoms with Crippen LogP contribution >= 0.6 is 0 Å². The number of fused-ring (bicyclic) bond motifs is 1. The lowest BCUT2D eigenvalue weighted by molar-refractivity contribution is -0.137. The van der Waals surface area contributed by atoms with E-state index in [1.807, 2.05) is 0 Å². The summed E-state index contributed by atoms with van der Waals surface area (Å²) in [4.78, 5) is 53.3. The van der Waals surface area contributed by atoms with Gasteiger partial charge in [0.25, 0.3) is 17.7 Å². The van der Waals surface area contributed by atoms with Crippen LogP contribution in [0.1, 0.15) is 36.6 Å². The summed E-state index contributed by atoms with van der Waals surface area (Å²) in [6, 6.07) is 6.38. The van der Waals surface area contributed by atoms with E-state index in [1.165, 1.54) is 31.6 Å². The number of nitrogens with zero attached hydrogens (tertiary/aromatic N) is 4. The summed E-state index contributed by atoms with van der Waals surface area (Å²) in [6.07, 6.45) is -2.26. The summed E-state index contributed by atoms with van der Waals surface area (Å²) in [7, 11) is 1.30. The standard InChI is InChI=1S/C21H14F3N5O5/c1-28-18(31)13-4-2-11(6-14(13)19(28)32)20(33)34-8-17(30)27-15-7-12(21(22,23)24)3-5-16(15)29-10-25-9-26-29/h2-7,9-10H,8H2,1H3,(H,27,30). The van der Waals surface area contributed by atoms with E-state index >= 15 is 0 Å². The number of aromatic nitrogens is 3. The van der Waals surface area contributed by atoms with E-state index in [-0.39, 0.29) is 28.1 Å². The lowest BCUT2D eigenvalue weighted by Gasteiger charge is -2.14. The first-order chi connectivity index (χ1) is 16.1. The Bertz CT molecular complexity index is 1320. The van der Waals surface area contributed by atoms with Gasteiger partial charge in [0.05, 0.1) is 33.6 Å². The number of ether oxygens (including phenoxy) is 1. The van der Waals surface area contributed by atoms with Crippen molar-refractivity contribution in [3.05, 3.63) is 71.3 Å². The molecule has 174 valence electrons. The van der Waals surface area contributed by atoms with Gasteiger partial charge in [-0.25, -0.2) is 14.5 Å². The SMILES string of the molecule is CN1C(=O)c2ccc(C(=O)OCC(=O)Nc3cc(C(F)(F)F)ccc3-n3cncn3)cc2C1=O. The first-order valence-corrected chi connectivity index (χ1v) is 9.56. The quantitative estimate of drug-likeness (QED) is 0.446. The molecule has 3 amide bonds. The number of anilines is 1. The van der Waals surface area contributed by atoms with Gasteiger partial charge in [0.2, 0.25) is 0 Å². The Hall–Kier alpha value is -4.55. The van der Waals surface area contributed by atoms with Gasteiger partial charge < -0.3 is 10.1 Å². The van der Waals surface area contributed by atoms with Crippen molar-refractivity contribution in [3.8, 4) is 5.69 Å². The van der Waals surface area contributed by atoms with E-state index in [0.717, 1.165) is 34.1 Å². The number of carbonyl (C=O) groups excluding carboxylic acids is 4. The van der Waals surface area contributed by atoms with Gasteiger partial charge >= 0.3 is 12.1 Å². The fraction of sp³-hybridized carbons (Fsp3) is 0.143. The van der Waals surface area contributed by atoms with Crippen LogP contribution in [0.15, 0.2) is 49.1 Å². The number of amides is 3. The third-order valence-electron chi connectivity index (χ3n) is 4.92. The van der Waals surface area contributed by atoms with Crippen molar-refractivity contribution in [2.75, 3.05) is 19.0 Å². The molecule has 2 aromatic carbocycles. The number of nitrogens with one attached hydrogen (secondary N) is 1. The predicted molar refractivity (Wildman–Crippen MR) is 108 cm³/mol. The van der Waals surface area contributed by atoms with Gasteiger partial charge in [-0.15, -0.1) is 0 Å². The summed E-state index contributed by atoms with van der Waals surface area (Å²) in [5, 5.41) is 6.11. The van der Waals surface area contributed by atoms with Gasteiger partial charge in [0.15, 0.2) is 6.61 Å². The van der Waals surface area contributed by atoms with Crippen molar-refractivity contribution >= 4 is 29.4 Å². The van der Waals surface area contributed by atoms with Crippen LogP contribution in [0, 0.1) is 0 Å². The molecule has 1 aliphatic heterocycles. The van der Waals surface area contributed by atoms with E-state index in [4.69, 9.17) is 4.74 Å². The molecule has 0 aliphatic carbocycles. The summed E-state index contributed by atoms with van der Waals surface area (Å²) >= 11 is 0. The Labute approximate surface area is 188 Å². The van der Waals surface area contributed by atoms with Crippen LogP contribution in [0.2, 0.25) is 0 Å². The van der Waals surface area contributed by atoms with Crippen molar-refractivity contribution < 1.29 is 37.1 Å². The maximum atomic E-state index is 13.1. The number of esters is 1. The van der Waals surface area contributed by atoms with Gasteiger partial charge in [0, 0.05) is 7.05 Å². The van der Waals surface area contributed by atoms with Crippen LogP contribution in [0.4, 0.5) is 18.9 Å². The predicted octanol–water partition coefficient (Wildman–Crippen LogP) is 2.31. The molecule has 34 heavy (non-hydrogen) atoms.